The first kappa shape index (κ1) is 18.3. The van der Waals surface area contributed by atoms with Crippen molar-refractivity contribution >= 4 is 68.6 Å². The smallest absolute Gasteiger partial charge is 0.273 e. The monoisotopic (exact) mass is 431 g/mol. The van der Waals surface area contributed by atoms with Crippen molar-refractivity contribution in [2.75, 3.05) is 4.90 Å². The number of anilines is 1. The van der Waals surface area contributed by atoms with Crippen molar-refractivity contribution in [3.8, 4) is 11.3 Å². The van der Waals surface area contributed by atoms with Crippen molar-refractivity contribution in [2.45, 2.75) is 0 Å². The number of hydrogen-bond acceptors (Lipinski definition) is 5. The summed E-state index contributed by atoms with van der Waals surface area (Å²) in [6.45, 7) is 0. The Bertz CT molecular complexity index is 1080. The van der Waals surface area contributed by atoms with E-state index < -0.39 is 0 Å². The molecule has 2 heterocycles. The number of amides is 1. The first-order valence-electron chi connectivity index (χ1n) is 7.81. The minimum atomic E-state index is -0.276. The van der Waals surface area contributed by atoms with E-state index in [0.717, 1.165) is 28.6 Å². The number of thioether (sulfide) groups is 1. The van der Waals surface area contributed by atoms with Gasteiger partial charge in [-0.15, -0.1) is 11.3 Å². The molecule has 4 nitrogen and oxygen atoms in total. The molecule has 1 aromatic heterocycles. The standard InChI is InChI=1S/C19H11Cl2N3OS2/c20-13-7-5-11(6-8-13)15-10-26-19(23-15)24-17(25)16(27-18(24)22)9-12-3-1-2-4-14(12)21/h1-10,22H/b16-9-,22-18?. The molecule has 1 fully saturated rings. The van der Waals surface area contributed by atoms with E-state index in [9.17, 15) is 4.79 Å². The third-order valence-corrected chi connectivity index (χ3v) is 6.15. The van der Waals surface area contributed by atoms with Crippen molar-refractivity contribution in [3.63, 3.8) is 0 Å². The molecule has 0 bridgehead atoms. The zero-order chi connectivity index (χ0) is 19.0. The topological polar surface area (TPSA) is 57.1 Å². The van der Waals surface area contributed by atoms with E-state index >= 15 is 0 Å². The van der Waals surface area contributed by atoms with Gasteiger partial charge in [-0.05, 0) is 41.6 Å². The third-order valence-electron chi connectivity index (χ3n) is 3.84. The number of nitrogens with zero attached hydrogens (tertiary/aromatic N) is 2. The van der Waals surface area contributed by atoms with Crippen molar-refractivity contribution in [2.24, 2.45) is 0 Å². The number of carbonyl (C=O) groups is 1. The molecule has 0 saturated carbocycles. The fraction of sp³-hybridized carbons (Fsp3) is 0. The molecule has 0 spiro atoms. The van der Waals surface area contributed by atoms with Crippen LogP contribution in [0.3, 0.4) is 0 Å². The number of halogens is 2. The average Bonchev–Trinajstić information content (AvgIpc) is 3.22. The number of aromatic nitrogens is 1. The van der Waals surface area contributed by atoms with E-state index in [4.69, 9.17) is 28.6 Å². The Morgan fingerprint density at radius 2 is 1.81 bits per heavy atom. The van der Waals surface area contributed by atoms with Crippen LogP contribution in [0.1, 0.15) is 5.56 Å². The molecule has 0 radical (unpaired) electrons. The second-order valence-corrected chi connectivity index (χ2v) is 8.31. The Kier molecular flexibility index (Phi) is 5.06. The summed E-state index contributed by atoms with van der Waals surface area (Å²) in [5, 5.41) is 11.9. The summed E-state index contributed by atoms with van der Waals surface area (Å²) in [4.78, 5) is 19.1. The summed E-state index contributed by atoms with van der Waals surface area (Å²) in [6, 6.07) is 14.6. The lowest BCUT2D eigenvalue weighted by Gasteiger charge is -2.09. The van der Waals surface area contributed by atoms with Crippen LogP contribution in [0.2, 0.25) is 10.0 Å². The van der Waals surface area contributed by atoms with Gasteiger partial charge in [0.15, 0.2) is 10.3 Å². The summed E-state index contributed by atoms with van der Waals surface area (Å²) in [7, 11) is 0. The molecule has 8 heteroatoms. The van der Waals surface area contributed by atoms with Gasteiger partial charge in [0, 0.05) is 21.0 Å². The fourth-order valence-corrected chi connectivity index (χ4v) is 4.56. The van der Waals surface area contributed by atoms with Crippen LogP contribution in [0.15, 0.2) is 58.8 Å². The lowest BCUT2D eigenvalue weighted by atomic mass is 10.2. The molecule has 3 aromatic rings. The maximum absolute atomic E-state index is 12.8. The van der Waals surface area contributed by atoms with Crippen LogP contribution < -0.4 is 4.90 Å². The van der Waals surface area contributed by atoms with E-state index in [1.165, 1.54) is 16.2 Å². The number of thiazole rings is 1. The Hall–Kier alpha value is -2.12. The van der Waals surface area contributed by atoms with Gasteiger partial charge in [0.1, 0.15) is 0 Å². The van der Waals surface area contributed by atoms with Gasteiger partial charge in [-0.3, -0.25) is 10.2 Å². The molecular formula is C19H11Cl2N3OS2. The summed E-state index contributed by atoms with van der Waals surface area (Å²) in [5.41, 5.74) is 2.38. The van der Waals surface area contributed by atoms with Crippen LogP contribution in [-0.2, 0) is 4.79 Å². The zero-order valence-electron chi connectivity index (χ0n) is 13.6. The van der Waals surface area contributed by atoms with Gasteiger partial charge in [0.2, 0.25) is 0 Å². The largest absolute Gasteiger partial charge is 0.278 e. The van der Waals surface area contributed by atoms with E-state index in [1.54, 1.807) is 24.3 Å². The summed E-state index contributed by atoms with van der Waals surface area (Å²) >= 11 is 14.5. The van der Waals surface area contributed by atoms with Crippen LogP contribution in [0, 0.1) is 5.41 Å². The molecule has 27 heavy (non-hydrogen) atoms. The third kappa shape index (κ3) is 3.66. The maximum atomic E-state index is 12.8. The minimum Gasteiger partial charge on any atom is -0.278 e. The number of hydrogen-bond donors (Lipinski definition) is 1. The summed E-state index contributed by atoms with van der Waals surface area (Å²) in [5.74, 6) is -0.276. The van der Waals surface area contributed by atoms with Crippen molar-refractivity contribution in [3.05, 3.63) is 74.4 Å². The number of carbonyl (C=O) groups excluding carboxylic acids is 1. The Labute approximate surface area is 174 Å². The maximum Gasteiger partial charge on any atom is 0.273 e. The van der Waals surface area contributed by atoms with Gasteiger partial charge in [0.25, 0.3) is 5.91 Å². The first-order valence-corrected chi connectivity index (χ1v) is 10.3. The van der Waals surface area contributed by atoms with E-state index in [1.807, 2.05) is 35.7 Å². The van der Waals surface area contributed by atoms with Crippen LogP contribution in [0.25, 0.3) is 17.3 Å². The van der Waals surface area contributed by atoms with Crippen LogP contribution in [-0.4, -0.2) is 16.1 Å². The van der Waals surface area contributed by atoms with Crippen molar-refractivity contribution in [1.29, 1.82) is 5.41 Å². The molecule has 0 unspecified atom stereocenters. The van der Waals surface area contributed by atoms with Gasteiger partial charge >= 0.3 is 0 Å². The predicted molar refractivity (Wildman–Crippen MR) is 115 cm³/mol. The molecule has 1 aliphatic heterocycles. The number of nitrogens with one attached hydrogen (secondary N) is 1. The van der Waals surface area contributed by atoms with Crippen molar-refractivity contribution in [1.82, 2.24) is 4.98 Å². The molecule has 0 atom stereocenters. The van der Waals surface area contributed by atoms with Gasteiger partial charge in [0.05, 0.1) is 10.6 Å². The molecular weight excluding hydrogens is 421 g/mol. The quantitative estimate of drug-likeness (QED) is 0.504. The molecule has 1 amide bonds. The molecule has 1 saturated heterocycles. The number of benzene rings is 2. The van der Waals surface area contributed by atoms with Crippen LogP contribution >= 0.6 is 46.3 Å². The summed E-state index contributed by atoms with van der Waals surface area (Å²) < 4.78 is 0. The first-order chi connectivity index (χ1) is 13.0. The lowest BCUT2D eigenvalue weighted by Crippen LogP contribution is -2.27. The number of amidine groups is 1. The highest BCUT2D eigenvalue weighted by Crippen LogP contribution is 2.38. The second kappa shape index (κ2) is 7.48. The minimum absolute atomic E-state index is 0.121. The molecule has 134 valence electrons. The molecule has 0 aliphatic carbocycles. The Morgan fingerprint density at radius 3 is 2.56 bits per heavy atom. The Balaban J connectivity index is 1.63. The molecule has 1 N–H and O–H groups in total. The van der Waals surface area contributed by atoms with Gasteiger partial charge in [-0.2, -0.15) is 0 Å². The average molecular weight is 432 g/mol. The molecule has 2 aromatic carbocycles. The fourth-order valence-electron chi connectivity index (χ4n) is 2.51. The zero-order valence-corrected chi connectivity index (χ0v) is 16.8. The summed E-state index contributed by atoms with van der Waals surface area (Å²) in [6.07, 6.45) is 1.71. The van der Waals surface area contributed by atoms with Gasteiger partial charge < -0.3 is 0 Å². The lowest BCUT2D eigenvalue weighted by molar-refractivity contribution is -0.113. The highest BCUT2D eigenvalue weighted by atomic mass is 35.5. The van der Waals surface area contributed by atoms with Gasteiger partial charge in [-0.1, -0.05) is 53.5 Å². The highest BCUT2D eigenvalue weighted by Gasteiger charge is 2.35. The molecule has 1 aliphatic rings. The normalized spacial score (nSPS) is 15.8. The molecule has 4 rings (SSSR count). The van der Waals surface area contributed by atoms with E-state index in [0.29, 0.717) is 20.1 Å². The van der Waals surface area contributed by atoms with Crippen LogP contribution in [0.5, 0.6) is 0 Å². The van der Waals surface area contributed by atoms with Crippen molar-refractivity contribution < 1.29 is 4.79 Å². The Morgan fingerprint density at radius 1 is 1.07 bits per heavy atom. The number of rotatable bonds is 3. The van der Waals surface area contributed by atoms with Crippen LogP contribution in [0.4, 0.5) is 5.13 Å². The second-order valence-electron chi connectivity index (χ2n) is 5.60. The predicted octanol–water partition coefficient (Wildman–Crippen LogP) is 6.17. The SMILES string of the molecule is N=C1S/C(=C\c2ccccc2Cl)C(=O)N1c1nc(-c2ccc(Cl)cc2)cs1. The van der Waals surface area contributed by atoms with Gasteiger partial charge in [-0.25, -0.2) is 9.88 Å². The highest BCUT2D eigenvalue weighted by molar-refractivity contribution is 8.19. The van der Waals surface area contributed by atoms with E-state index in [-0.39, 0.29) is 11.1 Å². The van der Waals surface area contributed by atoms with E-state index in [2.05, 4.69) is 4.98 Å².